The van der Waals surface area contributed by atoms with Crippen molar-refractivity contribution in [2.75, 3.05) is 6.54 Å². The van der Waals surface area contributed by atoms with Gasteiger partial charge in [-0.15, -0.1) is 0 Å². The Morgan fingerprint density at radius 1 is 1.38 bits per heavy atom. The van der Waals surface area contributed by atoms with Crippen LogP contribution in [0.4, 0.5) is 0 Å². The first-order valence-electron chi connectivity index (χ1n) is 6.42. The van der Waals surface area contributed by atoms with Crippen LogP contribution in [0.3, 0.4) is 0 Å². The van der Waals surface area contributed by atoms with E-state index in [1.807, 2.05) is 11.8 Å². The minimum absolute atomic E-state index is 0.414. The Hall–Kier alpha value is -0.180. The number of nitrogens with zero attached hydrogens (tertiary/aromatic N) is 1. The van der Waals surface area contributed by atoms with Crippen LogP contribution in [0.5, 0.6) is 0 Å². The molecule has 1 N–H and O–H groups in total. The maximum absolute atomic E-state index is 4.61. The van der Waals surface area contributed by atoms with Gasteiger partial charge in [0, 0.05) is 11.3 Å². The van der Waals surface area contributed by atoms with Crippen LogP contribution in [-0.2, 0) is 0 Å². The van der Waals surface area contributed by atoms with Gasteiger partial charge in [0.15, 0.2) is 5.17 Å². The number of thioether (sulfide) groups is 1. The number of aliphatic imine (C=N–C) groups is 1. The largest absolute Gasteiger partial charge is 0.362 e. The summed E-state index contributed by atoms with van der Waals surface area (Å²) in [6, 6.07) is 0.597. The van der Waals surface area contributed by atoms with Gasteiger partial charge in [0.25, 0.3) is 0 Å². The fraction of sp³-hybridized carbons (Fsp3) is 0.923. The normalized spacial score (nSPS) is 21.4. The Morgan fingerprint density at radius 3 is 2.50 bits per heavy atom. The third-order valence-corrected chi connectivity index (χ3v) is 3.99. The highest BCUT2D eigenvalue weighted by Gasteiger charge is 2.25. The maximum atomic E-state index is 4.61. The molecule has 0 amide bonds. The number of amidine groups is 1. The highest BCUT2D eigenvalue weighted by Crippen LogP contribution is 2.31. The van der Waals surface area contributed by atoms with Gasteiger partial charge in [0.1, 0.15) is 0 Å². The Labute approximate surface area is 105 Å². The average molecular weight is 242 g/mol. The molecule has 1 aliphatic heterocycles. The van der Waals surface area contributed by atoms with Crippen LogP contribution < -0.4 is 5.32 Å². The van der Waals surface area contributed by atoms with E-state index in [2.05, 4.69) is 44.9 Å². The maximum Gasteiger partial charge on any atom is 0.157 e. The van der Waals surface area contributed by atoms with E-state index in [1.165, 1.54) is 24.4 Å². The lowest BCUT2D eigenvalue weighted by Crippen LogP contribution is -2.31. The van der Waals surface area contributed by atoms with Gasteiger partial charge in [-0.05, 0) is 24.7 Å². The molecule has 1 rings (SSSR count). The fourth-order valence-electron chi connectivity index (χ4n) is 1.95. The minimum atomic E-state index is 0.414. The van der Waals surface area contributed by atoms with Crippen molar-refractivity contribution in [2.45, 2.75) is 65.2 Å². The average Bonchev–Trinajstić information content (AvgIpc) is 2.59. The van der Waals surface area contributed by atoms with Gasteiger partial charge >= 0.3 is 0 Å². The van der Waals surface area contributed by atoms with Crippen molar-refractivity contribution in [1.29, 1.82) is 0 Å². The second-order valence-electron chi connectivity index (χ2n) is 5.81. The van der Waals surface area contributed by atoms with E-state index >= 15 is 0 Å². The van der Waals surface area contributed by atoms with Crippen LogP contribution in [0.2, 0.25) is 0 Å². The molecule has 1 unspecified atom stereocenters. The number of hydrogen-bond donors (Lipinski definition) is 1. The van der Waals surface area contributed by atoms with Crippen LogP contribution in [0, 0.1) is 5.41 Å². The lowest BCUT2D eigenvalue weighted by Gasteiger charge is -2.22. The highest BCUT2D eigenvalue weighted by molar-refractivity contribution is 8.14. The van der Waals surface area contributed by atoms with Crippen molar-refractivity contribution in [3.63, 3.8) is 0 Å². The molecule has 0 fully saturated rings. The van der Waals surface area contributed by atoms with Crippen LogP contribution in [0.1, 0.15) is 53.9 Å². The third-order valence-electron chi connectivity index (χ3n) is 2.87. The summed E-state index contributed by atoms with van der Waals surface area (Å²) in [7, 11) is 0. The van der Waals surface area contributed by atoms with Crippen molar-refractivity contribution in [1.82, 2.24) is 5.32 Å². The summed E-state index contributed by atoms with van der Waals surface area (Å²) in [5.41, 5.74) is 0.414. The molecular formula is C13H26N2S. The molecule has 2 nitrogen and oxygen atoms in total. The molecule has 94 valence electrons. The Morgan fingerprint density at radius 2 is 2.00 bits per heavy atom. The molecule has 16 heavy (non-hydrogen) atoms. The van der Waals surface area contributed by atoms with Gasteiger partial charge in [-0.2, -0.15) is 0 Å². The first-order chi connectivity index (χ1) is 7.44. The summed E-state index contributed by atoms with van der Waals surface area (Å²) in [4.78, 5) is 4.61. The van der Waals surface area contributed by atoms with Crippen LogP contribution in [0.15, 0.2) is 4.99 Å². The molecule has 0 aromatic carbocycles. The Kier molecular flexibility index (Phi) is 5.16. The zero-order valence-electron chi connectivity index (χ0n) is 11.3. The molecule has 0 saturated carbocycles. The lowest BCUT2D eigenvalue weighted by atomic mass is 9.90. The van der Waals surface area contributed by atoms with Gasteiger partial charge < -0.3 is 5.32 Å². The predicted molar refractivity (Wildman–Crippen MR) is 75.3 cm³/mol. The van der Waals surface area contributed by atoms with Gasteiger partial charge in [-0.1, -0.05) is 46.4 Å². The van der Waals surface area contributed by atoms with E-state index in [0.717, 1.165) is 6.54 Å². The van der Waals surface area contributed by atoms with Crippen molar-refractivity contribution in [2.24, 2.45) is 10.4 Å². The van der Waals surface area contributed by atoms with Gasteiger partial charge in [0.05, 0.1) is 6.54 Å². The SMILES string of the molecule is CCC(CC)NC1=NCC(CC(C)(C)C)S1. The van der Waals surface area contributed by atoms with E-state index in [4.69, 9.17) is 0 Å². The fourth-order valence-corrected chi connectivity index (χ4v) is 3.39. The van der Waals surface area contributed by atoms with Crippen molar-refractivity contribution in [3.8, 4) is 0 Å². The molecule has 1 atom stereocenters. The van der Waals surface area contributed by atoms with E-state index < -0.39 is 0 Å². The smallest absolute Gasteiger partial charge is 0.157 e. The molecule has 1 aliphatic rings. The molecule has 1 heterocycles. The second kappa shape index (κ2) is 5.95. The van der Waals surface area contributed by atoms with Crippen molar-refractivity contribution < 1.29 is 0 Å². The molecule has 0 radical (unpaired) electrons. The van der Waals surface area contributed by atoms with E-state index in [-0.39, 0.29) is 0 Å². The molecule has 3 heteroatoms. The summed E-state index contributed by atoms with van der Waals surface area (Å²) in [5.74, 6) is 0. The minimum Gasteiger partial charge on any atom is -0.362 e. The monoisotopic (exact) mass is 242 g/mol. The lowest BCUT2D eigenvalue weighted by molar-refractivity contribution is 0.375. The third kappa shape index (κ3) is 4.77. The van der Waals surface area contributed by atoms with Crippen LogP contribution in [0.25, 0.3) is 0 Å². The summed E-state index contributed by atoms with van der Waals surface area (Å²) >= 11 is 1.94. The topological polar surface area (TPSA) is 24.4 Å². The number of rotatable bonds is 4. The van der Waals surface area contributed by atoms with E-state index in [9.17, 15) is 0 Å². The molecule has 0 aliphatic carbocycles. The van der Waals surface area contributed by atoms with Crippen LogP contribution in [-0.4, -0.2) is 23.0 Å². The summed E-state index contributed by atoms with van der Waals surface area (Å²) in [6.45, 7) is 12.4. The molecule has 0 aromatic rings. The van der Waals surface area contributed by atoms with Gasteiger partial charge in [0.2, 0.25) is 0 Å². The summed E-state index contributed by atoms with van der Waals surface area (Å²) < 4.78 is 0. The van der Waals surface area contributed by atoms with Crippen molar-refractivity contribution >= 4 is 16.9 Å². The standard InChI is InChI=1S/C13H26N2S/c1-6-10(7-2)15-12-14-9-11(16-12)8-13(3,4)5/h10-11H,6-9H2,1-5H3,(H,14,15). The van der Waals surface area contributed by atoms with E-state index in [0.29, 0.717) is 16.7 Å². The summed E-state index contributed by atoms with van der Waals surface area (Å²) in [5, 5.41) is 5.39. The molecule has 0 saturated heterocycles. The number of hydrogen-bond acceptors (Lipinski definition) is 3. The molecular weight excluding hydrogens is 216 g/mol. The summed E-state index contributed by atoms with van der Waals surface area (Å²) in [6.07, 6.45) is 3.61. The Balaban J connectivity index is 2.34. The molecule has 0 spiro atoms. The highest BCUT2D eigenvalue weighted by atomic mass is 32.2. The Bertz CT molecular complexity index is 239. The molecule has 0 aromatic heterocycles. The molecule has 0 bridgehead atoms. The zero-order valence-corrected chi connectivity index (χ0v) is 12.2. The first-order valence-corrected chi connectivity index (χ1v) is 7.30. The quantitative estimate of drug-likeness (QED) is 0.813. The number of nitrogens with one attached hydrogen (secondary N) is 1. The second-order valence-corrected chi connectivity index (χ2v) is 7.10. The zero-order chi connectivity index (χ0) is 12.2. The first kappa shape index (κ1) is 13.9. The van der Waals surface area contributed by atoms with Crippen LogP contribution >= 0.6 is 11.8 Å². The van der Waals surface area contributed by atoms with E-state index in [1.54, 1.807) is 0 Å². The van der Waals surface area contributed by atoms with Gasteiger partial charge in [-0.25, -0.2) is 0 Å². The predicted octanol–water partition coefficient (Wildman–Crippen LogP) is 3.67. The van der Waals surface area contributed by atoms with Crippen molar-refractivity contribution in [3.05, 3.63) is 0 Å². The van der Waals surface area contributed by atoms with Gasteiger partial charge in [-0.3, -0.25) is 4.99 Å².